The Balaban J connectivity index is 1.90. The summed E-state index contributed by atoms with van der Waals surface area (Å²) in [5, 5.41) is 0. The maximum Gasteiger partial charge on any atom is 0.342 e. The smallest absolute Gasteiger partial charge is 0.342 e. The van der Waals surface area contributed by atoms with Crippen molar-refractivity contribution in [1.29, 1.82) is 0 Å². The molecule has 1 saturated carbocycles. The van der Waals surface area contributed by atoms with E-state index in [-0.39, 0.29) is 17.5 Å². The second-order valence-electron chi connectivity index (χ2n) is 8.43. The molecule has 0 saturated heterocycles. The molecule has 3 heteroatoms. The van der Waals surface area contributed by atoms with Gasteiger partial charge in [-0.05, 0) is 42.2 Å². The molecular formula is C26H30O3. The number of hydrogen-bond acceptors (Lipinski definition) is 3. The molecule has 0 spiro atoms. The van der Waals surface area contributed by atoms with E-state index in [1.54, 1.807) is 30.3 Å². The Morgan fingerprint density at radius 1 is 0.966 bits per heavy atom. The van der Waals surface area contributed by atoms with E-state index in [0.29, 0.717) is 23.3 Å². The molecule has 0 aliphatic heterocycles. The van der Waals surface area contributed by atoms with Crippen molar-refractivity contribution >= 4 is 17.8 Å². The molecule has 3 atom stereocenters. The van der Waals surface area contributed by atoms with Crippen LogP contribution in [0.15, 0.2) is 66.2 Å². The zero-order valence-corrected chi connectivity index (χ0v) is 17.5. The molecule has 0 amide bonds. The molecule has 0 bridgehead atoms. The first-order chi connectivity index (χ1) is 14.0. The monoisotopic (exact) mass is 390 g/mol. The van der Waals surface area contributed by atoms with Gasteiger partial charge in [0, 0.05) is 5.56 Å². The predicted molar refractivity (Wildman–Crippen MR) is 116 cm³/mol. The summed E-state index contributed by atoms with van der Waals surface area (Å²) in [4.78, 5) is 26.3. The standard InChI is InChI=1S/C26H30O3/c1-18(2)22-15-14-19(3)16-24(22)29-26(28)23(17-20-10-6-4-7-11-20)25(27)21-12-8-5-9-13-21/h4-13,17-19,22,24H,14-16H2,1-3H3/b23-17+/t19-,22-,24+/m1/s1. The number of ether oxygens (including phenoxy) is 1. The van der Waals surface area contributed by atoms with Crippen LogP contribution in [0.3, 0.4) is 0 Å². The van der Waals surface area contributed by atoms with E-state index in [1.165, 1.54) is 0 Å². The number of carbonyl (C=O) groups excluding carboxylic acids is 2. The second-order valence-corrected chi connectivity index (χ2v) is 8.43. The molecule has 2 aromatic carbocycles. The Labute approximate surface area is 173 Å². The Kier molecular flexibility index (Phi) is 7.03. The number of Topliss-reactive ketones (excluding diaryl/α,β-unsaturated/α-hetero) is 1. The lowest BCUT2D eigenvalue weighted by atomic mass is 9.75. The zero-order chi connectivity index (χ0) is 20.8. The van der Waals surface area contributed by atoms with Gasteiger partial charge < -0.3 is 4.74 Å². The normalized spacial score (nSPS) is 22.3. The van der Waals surface area contributed by atoms with Crippen LogP contribution >= 0.6 is 0 Å². The van der Waals surface area contributed by atoms with Crippen molar-refractivity contribution in [3.8, 4) is 0 Å². The van der Waals surface area contributed by atoms with Gasteiger partial charge in [-0.2, -0.15) is 0 Å². The SMILES string of the molecule is CC(C)[C@H]1CC[C@@H](C)C[C@@H]1OC(=O)/C(=C/c1ccccc1)C(=O)c1ccccc1. The van der Waals surface area contributed by atoms with Crippen molar-refractivity contribution < 1.29 is 14.3 Å². The summed E-state index contributed by atoms with van der Waals surface area (Å²) in [6, 6.07) is 18.4. The number of hydrogen-bond donors (Lipinski definition) is 0. The third-order valence-corrected chi connectivity index (χ3v) is 5.83. The molecule has 3 rings (SSSR count). The van der Waals surface area contributed by atoms with Crippen LogP contribution in [0, 0.1) is 17.8 Å². The average Bonchev–Trinajstić information content (AvgIpc) is 2.72. The highest BCUT2D eigenvalue weighted by Gasteiger charge is 2.35. The van der Waals surface area contributed by atoms with Crippen molar-refractivity contribution in [2.45, 2.75) is 46.1 Å². The van der Waals surface area contributed by atoms with Crippen LogP contribution < -0.4 is 0 Å². The molecule has 3 nitrogen and oxygen atoms in total. The van der Waals surface area contributed by atoms with Crippen LogP contribution in [0.1, 0.15) is 56.0 Å². The molecule has 2 aromatic rings. The summed E-state index contributed by atoms with van der Waals surface area (Å²) in [5.74, 6) is 0.470. The van der Waals surface area contributed by atoms with Crippen LogP contribution in [0.5, 0.6) is 0 Å². The first kappa shape index (κ1) is 21.0. The number of carbonyl (C=O) groups is 2. The minimum atomic E-state index is -0.521. The molecule has 1 aliphatic rings. The third kappa shape index (κ3) is 5.44. The van der Waals surface area contributed by atoms with Gasteiger partial charge in [0.1, 0.15) is 11.7 Å². The topological polar surface area (TPSA) is 43.4 Å². The third-order valence-electron chi connectivity index (χ3n) is 5.83. The molecule has 0 N–H and O–H groups in total. The van der Waals surface area contributed by atoms with Crippen LogP contribution in [-0.2, 0) is 9.53 Å². The van der Waals surface area contributed by atoms with E-state index in [0.717, 1.165) is 24.8 Å². The summed E-state index contributed by atoms with van der Waals surface area (Å²) in [5.41, 5.74) is 1.38. The van der Waals surface area contributed by atoms with Gasteiger partial charge in [-0.3, -0.25) is 4.79 Å². The zero-order valence-electron chi connectivity index (χ0n) is 17.5. The average molecular weight is 391 g/mol. The number of ketones is 1. The van der Waals surface area contributed by atoms with Gasteiger partial charge in [-0.15, -0.1) is 0 Å². The minimum absolute atomic E-state index is 0.0862. The van der Waals surface area contributed by atoms with Crippen molar-refractivity contribution in [2.24, 2.45) is 17.8 Å². The van der Waals surface area contributed by atoms with Gasteiger partial charge in [-0.25, -0.2) is 4.79 Å². The largest absolute Gasteiger partial charge is 0.458 e. The van der Waals surface area contributed by atoms with Crippen LogP contribution in [0.2, 0.25) is 0 Å². The lowest BCUT2D eigenvalue weighted by molar-refractivity contribution is -0.150. The van der Waals surface area contributed by atoms with E-state index in [1.807, 2.05) is 36.4 Å². The second kappa shape index (κ2) is 9.69. The predicted octanol–water partition coefficient (Wildman–Crippen LogP) is 5.96. The summed E-state index contributed by atoms with van der Waals surface area (Å²) in [7, 11) is 0. The summed E-state index contributed by atoms with van der Waals surface area (Å²) in [6.07, 6.45) is 4.57. The Hall–Kier alpha value is -2.68. The van der Waals surface area contributed by atoms with Crippen molar-refractivity contribution in [2.75, 3.05) is 0 Å². The van der Waals surface area contributed by atoms with E-state index in [9.17, 15) is 9.59 Å². The van der Waals surface area contributed by atoms with Gasteiger partial charge in [0.05, 0.1) is 0 Å². The van der Waals surface area contributed by atoms with Gasteiger partial charge in [-0.1, -0.05) is 87.9 Å². The summed E-state index contributed by atoms with van der Waals surface area (Å²) < 4.78 is 5.98. The Morgan fingerprint density at radius 3 is 2.21 bits per heavy atom. The van der Waals surface area contributed by atoms with E-state index in [4.69, 9.17) is 4.74 Å². The quantitative estimate of drug-likeness (QED) is 0.201. The highest BCUT2D eigenvalue weighted by atomic mass is 16.5. The van der Waals surface area contributed by atoms with Crippen molar-refractivity contribution in [3.63, 3.8) is 0 Å². The molecule has 0 heterocycles. The summed E-state index contributed by atoms with van der Waals surface area (Å²) in [6.45, 7) is 6.56. The first-order valence-electron chi connectivity index (χ1n) is 10.5. The number of benzene rings is 2. The first-order valence-corrected chi connectivity index (χ1v) is 10.5. The van der Waals surface area contributed by atoms with Crippen LogP contribution in [-0.4, -0.2) is 17.9 Å². The molecule has 0 radical (unpaired) electrons. The van der Waals surface area contributed by atoms with Crippen molar-refractivity contribution in [1.82, 2.24) is 0 Å². The lowest BCUT2D eigenvalue weighted by Gasteiger charge is -2.36. The minimum Gasteiger partial charge on any atom is -0.458 e. The molecule has 152 valence electrons. The molecule has 29 heavy (non-hydrogen) atoms. The van der Waals surface area contributed by atoms with Gasteiger partial charge in [0.2, 0.25) is 0 Å². The molecule has 1 fully saturated rings. The maximum atomic E-state index is 13.2. The van der Waals surface area contributed by atoms with Crippen LogP contribution in [0.4, 0.5) is 0 Å². The fraction of sp³-hybridized carbons (Fsp3) is 0.385. The molecule has 0 unspecified atom stereocenters. The molecule has 0 aromatic heterocycles. The Morgan fingerprint density at radius 2 is 1.59 bits per heavy atom. The van der Waals surface area contributed by atoms with Gasteiger partial charge >= 0.3 is 5.97 Å². The van der Waals surface area contributed by atoms with Gasteiger partial charge in [0.25, 0.3) is 0 Å². The number of esters is 1. The summed E-state index contributed by atoms with van der Waals surface area (Å²) >= 11 is 0. The fourth-order valence-corrected chi connectivity index (χ4v) is 4.13. The van der Waals surface area contributed by atoms with E-state index >= 15 is 0 Å². The Bertz CT molecular complexity index is 852. The van der Waals surface area contributed by atoms with Gasteiger partial charge in [0.15, 0.2) is 5.78 Å². The maximum absolute atomic E-state index is 13.2. The molecular weight excluding hydrogens is 360 g/mol. The highest BCUT2D eigenvalue weighted by Crippen LogP contribution is 2.36. The van der Waals surface area contributed by atoms with E-state index in [2.05, 4.69) is 20.8 Å². The van der Waals surface area contributed by atoms with Crippen LogP contribution in [0.25, 0.3) is 6.08 Å². The highest BCUT2D eigenvalue weighted by molar-refractivity contribution is 6.26. The van der Waals surface area contributed by atoms with Crippen molar-refractivity contribution in [3.05, 3.63) is 77.4 Å². The molecule has 1 aliphatic carbocycles. The fourth-order valence-electron chi connectivity index (χ4n) is 4.13. The number of rotatable bonds is 6. The van der Waals surface area contributed by atoms with E-state index < -0.39 is 5.97 Å². The lowest BCUT2D eigenvalue weighted by Crippen LogP contribution is -2.36.